The predicted molar refractivity (Wildman–Crippen MR) is 191 cm³/mol. The van der Waals surface area contributed by atoms with Gasteiger partial charge in [0.1, 0.15) is 0 Å². The smallest absolute Gasteiger partial charge is 0.0159 e. The van der Waals surface area contributed by atoms with E-state index in [1.807, 2.05) is 0 Å². The second-order valence-electron chi connectivity index (χ2n) is 12.6. The Morgan fingerprint density at radius 3 is 1.20 bits per heavy atom. The first-order chi connectivity index (χ1) is 22.0. The quantitative estimate of drug-likeness (QED) is 0.192. The van der Waals surface area contributed by atoms with Crippen LogP contribution < -0.4 is 0 Å². The SMILES string of the molecule is CC1(C)c2ccccc2-c2ccc(-c3cccc(-c4cccc(-c5cc(-c6ccccc6)cc(-c6ccccc6)c5)c4)c3)cc21. The van der Waals surface area contributed by atoms with Crippen LogP contribution in [0.4, 0.5) is 0 Å². The fourth-order valence-corrected chi connectivity index (χ4v) is 7.03. The van der Waals surface area contributed by atoms with Crippen molar-refractivity contribution in [2.45, 2.75) is 19.3 Å². The highest BCUT2D eigenvalue weighted by molar-refractivity contribution is 5.86. The minimum atomic E-state index is -0.0131. The van der Waals surface area contributed by atoms with Crippen molar-refractivity contribution in [3.05, 3.63) is 181 Å². The van der Waals surface area contributed by atoms with E-state index in [-0.39, 0.29) is 5.41 Å². The summed E-state index contributed by atoms with van der Waals surface area (Å²) >= 11 is 0. The van der Waals surface area contributed by atoms with E-state index in [0.29, 0.717) is 0 Å². The maximum absolute atomic E-state index is 2.41. The summed E-state index contributed by atoms with van der Waals surface area (Å²) in [7, 11) is 0. The van der Waals surface area contributed by atoms with Crippen molar-refractivity contribution in [1.29, 1.82) is 0 Å². The molecule has 0 aliphatic heterocycles. The molecule has 7 aromatic carbocycles. The van der Waals surface area contributed by atoms with Gasteiger partial charge in [0, 0.05) is 5.41 Å². The van der Waals surface area contributed by atoms with Crippen molar-refractivity contribution in [3.63, 3.8) is 0 Å². The Hall–Kier alpha value is -5.46. The van der Waals surface area contributed by atoms with Gasteiger partial charge in [-0.25, -0.2) is 0 Å². The lowest BCUT2D eigenvalue weighted by atomic mass is 9.81. The first kappa shape index (κ1) is 27.1. The van der Waals surface area contributed by atoms with Gasteiger partial charge in [-0.15, -0.1) is 0 Å². The Morgan fingerprint density at radius 1 is 0.267 bits per heavy atom. The van der Waals surface area contributed by atoms with Gasteiger partial charge >= 0.3 is 0 Å². The van der Waals surface area contributed by atoms with E-state index in [9.17, 15) is 0 Å². The zero-order chi connectivity index (χ0) is 30.4. The largest absolute Gasteiger partial charge is 0.0622 e. The minimum absolute atomic E-state index is 0.0131. The first-order valence-corrected chi connectivity index (χ1v) is 15.8. The molecule has 1 aliphatic carbocycles. The fourth-order valence-electron chi connectivity index (χ4n) is 7.03. The maximum Gasteiger partial charge on any atom is 0.0159 e. The Kier molecular flexibility index (Phi) is 6.58. The van der Waals surface area contributed by atoms with Gasteiger partial charge in [0.2, 0.25) is 0 Å². The molecule has 0 N–H and O–H groups in total. The standard InChI is InChI=1S/C45H34/c1-45(2)43-22-10-9-21-41(43)42-24-23-37(30-44(42)45)35-19-11-17-33(25-35)34-18-12-20-36(26-34)40-28-38(31-13-5-3-6-14-31)27-39(29-40)32-15-7-4-8-16-32/h3-30H,1-2H3. The van der Waals surface area contributed by atoms with E-state index in [0.717, 1.165) is 0 Å². The van der Waals surface area contributed by atoms with Crippen LogP contribution in [0, 0.1) is 0 Å². The third kappa shape index (κ3) is 4.89. The van der Waals surface area contributed by atoms with Crippen molar-refractivity contribution in [2.24, 2.45) is 0 Å². The molecule has 0 radical (unpaired) electrons. The summed E-state index contributed by atoms with van der Waals surface area (Å²) in [6, 6.07) is 62.1. The molecular weight excluding hydrogens is 540 g/mol. The normalized spacial score (nSPS) is 12.8. The molecule has 0 spiro atoms. The fraction of sp³-hybridized carbons (Fsp3) is 0.0667. The highest BCUT2D eigenvalue weighted by atomic mass is 14.4. The molecular formula is C45H34. The van der Waals surface area contributed by atoms with Gasteiger partial charge in [-0.2, -0.15) is 0 Å². The Labute approximate surface area is 266 Å². The second-order valence-corrected chi connectivity index (χ2v) is 12.6. The molecule has 214 valence electrons. The Bertz CT molecular complexity index is 2110. The minimum Gasteiger partial charge on any atom is -0.0622 e. The van der Waals surface area contributed by atoms with Gasteiger partial charge in [0.05, 0.1) is 0 Å². The molecule has 0 atom stereocenters. The van der Waals surface area contributed by atoms with Crippen molar-refractivity contribution >= 4 is 0 Å². The van der Waals surface area contributed by atoms with Gasteiger partial charge in [-0.3, -0.25) is 0 Å². The van der Waals surface area contributed by atoms with E-state index in [1.54, 1.807) is 0 Å². The van der Waals surface area contributed by atoms with Gasteiger partial charge in [-0.05, 0) is 114 Å². The van der Waals surface area contributed by atoms with Crippen LogP contribution >= 0.6 is 0 Å². The van der Waals surface area contributed by atoms with E-state index < -0.39 is 0 Å². The van der Waals surface area contributed by atoms with Crippen LogP contribution in [-0.4, -0.2) is 0 Å². The lowest BCUT2D eigenvalue weighted by Crippen LogP contribution is -2.14. The van der Waals surface area contributed by atoms with E-state index in [1.165, 1.54) is 77.9 Å². The summed E-state index contributed by atoms with van der Waals surface area (Å²) in [5.41, 5.74) is 17.8. The predicted octanol–water partition coefficient (Wildman–Crippen LogP) is 12.3. The van der Waals surface area contributed by atoms with E-state index >= 15 is 0 Å². The summed E-state index contributed by atoms with van der Waals surface area (Å²) in [5, 5.41) is 0. The molecule has 0 saturated carbocycles. The second kappa shape index (κ2) is 10.9. The van der Waals surface area contributed by atoms with Crippen molar-refractivity contribution in [3.8, 4) is 66.8 Å². The summed E-state index contributed by atoms with van der Waals surface area (Å²) < 4.78 is 0. The molecule has 0 unspecified atom stereocenters. The molecule has 0 saturated heterocycles. The zero-order valence-corrected chi connectivity index (χ0v) is 25.7. The van der Waals surface area contributed by atoms with Gasteiger partial charge in [0.15, 0.2) is 0 Å². The van der Waals surface area contributed by atoms with Crippen LogP contribution in [0.15, 0.2) is 170 Å². The molecule has 45 heavy (non-hydrogen) atoms. The topological polar surface area (TPSA) is 0 Å². The molecule has 0 nitrogen and oxygen atoms in total. The van der Waals surface area contributed by atoms with Crippen molar-refractivity contribution in [2.75, 3.05) is 0 Å². The van der Waals surface area contributed by atoms with Gasteiger partial charge in [-0.1, -0.05) is 147 Å². The third-order valence-electron chi connectivity index (χ3n) is 9.46. The van der Waals surface area contributed by atoms with Crippen LogP contribution in [-0.2, 0) is 5.41 Å². The Morgan fingerprint density at radius 2 is 0.644 bits per heavy atom. The van der Waals surface area contributed by atoms with E-state index in [4.69, 9.17) is 0 Å². The molecule has 0 aromatic heterocycles. The lowest BCUT2D eigenvalue weighted by molar-refractivity contribution is 0.660. The van der Waals surface area contributed by atoms with Crippen molar-refractivity contribution < 1.29 is 0 Å². The lowest BCUT2D eigenvalue weighted by Gasteiger charge is -2.22. The number of rotatable bonds is 5. The van der Waals surface area contributed by atoms with Crippen LogP contribution in [0.3, 0.4) is 0 Å². The molecule has 0 bridgehead atoms. The van der Waals surface area contributed by atoms with Crippen LogP contribution in [0.1, 0.15) is 25.0 Å². The third-order valence-corrected chi connectivity index (χ3v) is 9.46. The average Bonchev–Trinajstić information content (AvgIpc) is 3.34. The molecule has 0 heterocycles. The number of hydrogen-bond donors (Lipinski definition) is 0. The summed E-state index contributed by atoms with van der Waals surface area (Å²) in [5.74, 6) is 0. The summed E-state index contributed by atoms with van der Waals surface area (Å²) in [4.78, 5) is 0. The molecule has 8 rings (SSSR count). The van der Waals surface area contributed by atoms with Crippen LogP contribution in [0.25, 0.3) is 66.8 Å². The first-order valence-electron chi connectivity index (χ1n) is 15.8. The number of hydrogen-bond acceptors (Lipinski definition) is 0. The van der Waals surface area contributed by atoms with E-state index in [2.05, 4.69) is 184 Å². The van der Waals surface area contributed by atoms with Crippen molar-refractivity contribution in [1.82, 2.24) is 0 Å². The van der Waals surface area contributed by atoms with Crippen LogP contribution in [0.5, 0.6) is 0 Å². The molecule has 0 heteroatoms. The molecule has 7 aromatic rings. The summed E-state index contributed by atoms with van der Waals surface area (Å²) in [6.45, 7) is 4.69. The van der Waals surface area contributed by atoms with Gasteiger partial charge in [0.25, 0.3) is 0 Å². The van der Waals surface area contributed by atoms with Gasteiger partial charge < -0.3 is 0 Å². The molecule has 1 aliphatic rings. The highest BCUT2D eigenvalue weighted by Crippen LogP contribution is 2.49. The van der Waals surface area contributed by atoms with Crippen LogP contribution in [0.2, 0.25) is 0 Å². The Balaban J connectivity index is 1.18. The zero-order valence-electron chi connectivity index (χ0n) is 25.7. The number of fused-ring (bicyclic) bond motifs is 3. The molecule has 0 fully saturated rings. The average molecular weight is 575 g/mol. The highest BCUT2D eigenvalue weighted by Gasteiger charge is 2.35. The maximum atomic E-state index is 2.41. The summed E-state index contributed by atoms with van der Waals surface area (Å²) in [6.07, 6.45) is 0. The molecule has 0 amide bonds. The monoisotopic (exact) mass is 574 g/mol. The number of benzene rings is 7.